The van der Waals surface area contributed by atoms with E-state index in [2.05, 4.69) is 11.9 Å². The molecule has 0 aromatic heterocycles. The molecule has 0 aliphatic carbocycles. The molecule has 1 atom stereocenters. The smallest absolute Gasteiger partial charge is 0.385 e. The molecule has 0 spiro atoms. The summed E-state index contributed by atoms with van der Waals surface area (Å²) >= 11 is 0. The van der Waals surface area contributed by atoms with Crippen molar-refractivity contribution in [2.75, 3.05) is 18.0 Å². The zero-order valence-corrected chi connectivity index (χ0v) is 11.4. The Morgan fingerprint density at radius 3 is 2.29 bits per heavy atom. The SMILES string of the molecule is C=C(NCC)c1c(F)cc(N2CCC2C(F)(F)F)cc1F. The largest absolute Gasteiger partial charge is 0.408 e. The van der Waals surface area contributed by atoms with Crippen LogP contribution in [-0.2, 0) is 0 Å². The Labute approximate surface area is 119 Å². The lowest BCUT2D eigenvalue weighted by molar-refractivity contribution is -0.159. The fourth-order valence-corrected chi connectivity index (χ4v) is 2.35. The Morgan fingerprint density at radius 1 is 1.33 bits per heavy atom. The van der Waals surface area contributed by atoms with Gasteiger partial charge in [-0.15, -0.1) is 0 Å². The number of alkyl halides is 3. The summed E-state index contributed by atoms with van der Waals surface area (Å²) in [4.78, 5) is 0.950. The van der Waals surface area contributed by atoms with E-state index in [-0.39, 0.29) is 29.9 Å². The van der Waals surface area contributed by atoms with Crippen LogP contribution in [0.3, 0.4) is 0 Å². The van der Waals surface area contributed by atoms with Crippen molar-refractivity contribution in [3.05, 3.63) is 35.9 Å². The molecule has 1 fully saturated rings. The maximum absolute atomic E-state index is 14.0. The van der Waals surface area contributed by atoms with Gasteiger partial charge in [-0.05, 0) is 25.5 Å². The summed E-state index contributed by atoms with van der Waals surface area (Å²) in [5, 5.41) is 2.69. The molecule has 1 unspecified atom stereocenters. The summed E-state index contributed by atoms with van der Waals surface area (Å²) in [5.74, 6) is -1.85. The van der Waals surface area contributed by atoms with E-state index in [1.807, 2.05) is 0 Å². The minimum Gasteiger partial charge on any atom is -0.385 e. The molecule has 1 saturated heterocycles. The highest BCUT2D eigenvalue weighted by molar-refractivity contribution is 5.66. The maximum atomic E-state index is 14.0. The monoisotopic (exact) mass is 306 g/mol. The first-order valence-electron chi connectivity index (χ1n) is 6.51. The van der Waals surface area contributed by atoms with E-state index >= 15 is 0 Å². The van der Waals surface area contributed by atoms with Crippen molar-refractivity contribution in [3.63, 3.8) is 0 Å². The molecule has 1 aromatic rings. The lowest BCUT2D eigenvalue weighted by Gasteiger charge is -2.43. The van der Waals surface area contributed by atoms with Crippen LogP contribution in [0.1, 0.15) is 18.9 Å². The quantitative estimate of drug-likeness (QED) is 0.854. The number of nitrogens with zero attached hydrogens (tertiary/aromatic N) is 1. The Morgan fingerprint density at radius 2 is 1.90 bits per heavy atom. The molecule has 1 N–H and O–H groups in total. The maximum Gasteiger partial charge on any atom is 0.408 e. The second-order valence-electron chi connectivity index (χ2n) is 4.83. The number of nitrogens with one attached hydrogen (secondary N) is 1. The molecule has 1 heterocycles. The van der Waals surface area contributed by atoms with E-state index in [1.165, 1.54) is 0 Å². The molecule has 1 aliphatic rings. The Balaban J connectivity index is 2.31. The van der Waals surface area contributed by atoms with E-state index in [1.54, 1.807) is 6.92 Å². The highest BCUT2D eigenvalue weighted by atomic mass is 19.4. The molecule has 1 aromatic carbocycles. The van der Waals surface area contributed by atoms with Crippen LogP contribution in [0, 0.1) is 11.6 Å². The first kappa shape index (κ1) is 15.6. The Hall–Kier alpha value is -1.79. The van der Waals surface area contributed by atoms with E-state index in [0.717, 1.165) is 17.0 Å². The van der Waals surface area contributed by atoms with Crippen molar-refractivity contribution < 1.29 is 22.0 Å². The number of hydrogen-bond donors (Lipinski definition) is 1. The average Bonchev–Trinajstić information content (AvgIpc) is 2.23. The van der Waals surface area contributed by atoms with Gasteiger partial charge in [0, 0.05) is 24.5 Å². The van der Waals surface area contributed by atoms with Crippen molar-refractivity contribution in [1.82, 2.24) is 5.32 Å². The zero-order valence-electron chi connectivity index (χ0n) is 11.4. The summed E-state index contributed by atoms with van der Waals surface area (Å²) < 4.78 is 66.0. The van der Waals surface area contributed by atoms with Crippen molar-refractivity contribution >= 4 is 11.4 Å². The van der Waals surface area contributed by atoms with Crippen LogP contribution in [0.25, 0.3) is 5.70 Å². The highest BCUT2D eigenvalue weighted by Gasteiger charge is 2.49. The second-order valence-corrected chi connectivity index (χ2v) is 4.83. The van der Waals surface area contributed by atoms with Gasteiger partial charge < -0.3 is 10.2 Å². The van der Waals surface area contributed by atoms with E-state index < -0.39 is 23.9 Å². The van der Waals surface area contributed by atoms with Gasteiger partial charge in [0.1, 0.15) is 17.7 Å². The molecular formula is C14H15F5N2. The topological polar surface area (TPSA) is 15.3 Å². The minimum atomic E-state index is -4.41. The van der Waals surface area contributed by atoms with E-state index in [9.17, 15) is 22.0 Å². The van der Waals surface area contributed by atoms with Gasteiger partial charge >= 0.3 is 6.18 Å². The van der Waals surface area contributed by atoms with Crippen molar-refractivity contribution in [2.45, 2.75) is 25.6 Å². The molecular weight excluding hydrogens is 291 g/mol. The number of halogens is 5. The molecule has 7 heteroatoms. The van der Waals surface area contributed by atoms with Gasteiger partial charge in [-0.1, -0.05) is 6.58 Å². The number of benzene rings is 1. The van der Waals surface area contributed by atoms with E-state index in [0.29, 0.717) is 6.54 Å². The van der Waals surface area contributed by atoms with Crippen LogP contribution in [0.2, 0.25) is 0 Å². The third kappa shape index (κ3) is 2.96. The van der Waals surface area contributed by atoms with Crippen LogP contribution in [0.5, 0.6) is 0 Å². The predicted octanol–water partition coefficient (Wildman–Crippen LogP) is 3.69. The highest BCUT2D eigenvalue weighted by Crippen LogP contribution is 2.38. The Bertz CT molecular complexity index is 530. The lowest BCUT2D eigenvalue weighted by Crippen LogP contribution is -2.56. The zero-order chi connectivity index (χ0) is 15.8. The van der Waals surface area contributed by atoms with Crippen LogP contribution < -0.4 is 10.2 Å². The minimum absolute atomic E-state index is 0.0648. The van der Waals surface area contributed by atoms with Gasteiger partial charge in [0.25, 0.3) is 0 Å². The first-order chi connectivity index (χ1) is 9.75. The second kappa shape index (κ2) is 5.54. The van der Waals surface area contributed by atoms with Gasteiger partial charge in [0.05, 0.1) is 5.56 Å². The van der Waals surface area contributed by atoms with Gasteiger partial charge in [-0.25, -0.2) is 8.78 Å². The van der Waals surface area contributed by atoms with Crippen LogP contribution in [0.15, 0.2) is 18.7 Å². The predicted molar refractivity (Wildman–Crippen MR) is 70.9 cm³/mol. The fraction of sp³-hybridized carbons (Fsp3) is 0.429. The van der Waals surface area contributed by atoms with Gasteiger partial charge in [0.2, 0.25) is 0 Å². The van der Waals surface area contributed by atoms with Crippen LogP contribution >= 0.6 is 0 Å². The fourth-order valence-electron chi connectivity index (χ4n) is 2.35. The molecule has 2 nitrogen and oxygen atoms in total. The molecule has 0 amide bonds. The summed E-state index contributed by atoms with van der Waals surface area (Å²) in [7, 11) is 0. The number of anilines is 1. The summed E-state index contributed by atoms with van der Waals surface area (Å²) in [6.45, 7) is 5.81. The van der Waals surface area contributed by atoms with Crippen molar-refractivity contribution in [3.8, 4) is 0 Å². The molecule has 2 rings (SSSR count). The van der Waals surface area contributed by atoms with Crippen LogP contribution in [-0.4, -0.2) is 25.3 Å². The molecule has 1 aliphatic heterocycles. The van der Waals surface area contributed by atoms with Gasteiger partial charge in [0.15, 0.2) is 0 Å². The summed E-state index contributed by atoms with van der Waals surface area (Å²) in [6, 6.07) is 0.150. The first-order valence-corrected chi connectivity index (χ1v) is 6.51. The average molecular weight is 306 g/mol. The van der Waals surface area contributed by atoms with Crippen LogP contribution in [0.4, 0.5) is 27.6 Å². The van der Waals surface area contributed by atoms with Gasteiger partial charge in [-0.3, -0.25) is 0 Å². The third-order valence-corrected chi connectivity index (χ3v) is 3.45. The lowest BCUT2D eigenvalue weighted by atomic mass is 10.00. The Kier molecular flexibility index (Phi) is 4.11. The molecule has 0 bridgehead atoms. The van der Waals surface area contributed by atoms with Gasteiger partial charge in [-0.2, -0.15) is 13.2 Å². The van der Waals surface area contributed by atoms with E-state index in [4.69, 9.17) is 0 Å². The molecule has 0 saturated carbocycles. The molecule has 116 valence electrons. The third-order valence-electron chi connectivity index (χ3n) is 3.45. The molecule has 0 radical (unpaired) electrons. The normalized spacial score (nSPS) is 18.4. The summed E-state index contributed by atoms with van der Waals surface area (Å²) in [5.41, 5.74) is -0.383. The number of hydrogen-bond acceptors (Lipinski definition) is 2. The standard InChI is InChI=1S/C14H15F5N2/c1-3-20-8(2)13-10(15)6-9(7-11(13)16)21-5-4-12(21)14(17,18)19/h6-7,12,20H,2-5H2,1H3. The van der Waals surface area contributed by atoms with Crippen molar-refractivity contribution in [1.29, 1.82) is 0 Å². The molecule has 21 heavy (non-hydrogen) atoms. The number of rotatable bonds is 4. The summed E-state index contributed by atoms with van der Waals surface area (Å²) in [6.07, 6.45) is -4.48. The van der Waals surface area contributed by atoms with Crippen molar-refractivity contribution in [2.24, 2.45) is 0 Å².